The van der Waals surface area contributed by atoms with Crippen LogP contribution in [0, 0.1) is 21.4 Å². The van der Waals surface area contributed by atoms with Crippen LogP contribution < -0.4 is 4.90 Å². The normalized spacial score (nSPS) is 9.53. The lowest BCUT2D eigenvalue weighted by atomic mass is 10.3. The molecule has 1 rings (SSSR count). The molecule has 1 aromatic heterocycles. The smallest absolute Gasteiger partial charge is 0.325 e. The molecule has 0 amide bonds. The van der Waals surface area contributed by atoms with Gasteiger partial charge in [-0.2, -0.15) is 5.26 Å². The number of carbonyl (C=O) groups is 1. The lowest BCUT2D eigenvalue weighted by Crippen LogP contribution is -2.31. The number of ether oxygens (including phenoxy) is 1. The van der Waals surface area contributed by atoms with E-state index in [0.717, 1.165) is 0 Å². The number of nitro groups is 1. The van der Waals surface area contributed by atoms with Crippen molar-refractivity contribution in [1.29, 1.82) is 5.26 Å². The maximum absolute atomic E-state index is 11.2. The quantitative estimate of drug-likeness (QED) is 0.440. The number of pyridine rings is 1. The Bertz CT molecular complexity index is 538. The number of hydrogen-bond acceptors (Lipinski definition) is 7. The van der Waals surface area contributed by atoms with Crippen LogP contribution in [0.25, 0.3) is 0 Å². The minimum Gasteiger partial charge on any atom is -0.468 e. The van der Waals surface area contributed by atoms with E-state index in [-0.39, 0.29) is 17.9 Å². The van der Waals surface area contributed by atoms with Crippen LogP contribution >= 0.6 is 0 Å². The summed E-state index contributed by atoms with van der Waals surface area (Å²) in [5.74, 6) is -0.143. The first-order valence-corrected chi connectivity index (χ1v) is 5.40. The van der Waals surface area contributed by atoms with Gasteiger partial charge in [0.2, 0.25) is 5.69 Å². The highest BCUT2D eigenvalue weighted by Gasteiger charge is 2.18. The topological polar surface area (TPSA) is 109 Å². The van der Waals surface area contributed by atoms with Crippen molar-refractivity contribution < 1.29 is 14.5 Å². The Kier molecular flexibility index (Phi) is 4.76. The average Bonchev–Trinajstić information content (AvgIpc) is 2.43. The molecule has 0 bridgehead atoms. The molecule has 0 aliphatic carbocycles. The van der Waals surface area contributed by atoms with Crippen LogP contribution in [0.2, 0.25) is 0 Å². The SMILES string of the molecule is CCN(CC(=O)OC)c1ccc([N+](=O)[O-])c(C#N)n1. The van der Waals surface area contributed by atoms with Gasteiger partial charge in [-0.1, -0.05) is 0 Å². The van der Waals surface area contributed by atoms with E-state index in [1.54, 1.807) is 17.9 Å². The minimum atomic E-state index is -0.675. The van der Waals surface area contributed by atoms with Crippen molar-refractivity contribution in [3.8, 4) is 6.07 Å². The molecule has 0 aliphatic heterocycles. The summed E-state index contributed by atoms with van der Waals surface area (Å²) in [7, 11) is 1.26. The molecule has 0 atom stereocenters. The minimum absolute atomic E-state index is 0.0390. The van der Waals surface area contributed by atoms with Crippen LogP contribution in [0.15, 0.2) is 12.1 Å². The number of likely N-dealkylation sites (N-methyl/N-ethyl adjacent to an activating group) is 1. The molecule has 0 radical (unpaired) electrons. The fourth-order valence-electron chi connectivity index (χ4n) is 1.42. The fourth-order valence-corrected chi connectivity index (χ4v) is 1.42. The monoisotopic (exact) mass is 264 g/mol. The second-order valence-electron chi connectivity index (χ2n) is 3.50. The summed E-state index contributed by atoms with van der Waals surface area (Å²) in [5.41, 5.74) is -0.647. The highest BCUT2D eigenvalue weighted by atomic mass is 16.6. The van der Waals surface area contributed by atoms with Crippen molar-refractivity contribution in [3.63, 3.8) is 0 Å². The fraction of sp³-hybridized carbons (Fsp3) is 0.364. The van der Waals surface area contributed by atoms with Crippen molar-refractivity contribution in [2.24, 2.45) is 0 Å². The van der Waals surface area contributed by atoms with E-state index in [2.05, 4.69) is 9.72 Å². The van der Waals surface area contributed by atoms with Gasteiger partial charge in [-0.3, -0.25) is 14.9 Å². The maximum Gasteiger partial charge on any atom is 0.325 e. The van der Waals surface area contributed by atoms with Crippen molar-refractivity contribution in [2.75, 3.05) is 25.1 Å². The number of esters is 1. The molecular formula is C11H12N4O4. The van der Waals surface area contributed by atoms with E-state index in [1.165, 1.54) is 19.2 Å². The molecule has 0 saturated carbocycles. The Morgan fingerprint density at radius 1 is 1.63 bits per heavy atom. The highest BCUT2D eigenvalue weighted by Crippen LogP contribution is 2.20. The Morgan fingerprint density at radius 2 is 2.32 bits per heavy atom. The van der Waals surface area contributed by atoms with E-state index < -0.39 is 10.9 Å². The number of methoxy groups -OCH3 is 1. The third kappa shape index (κ3) is 3.38. The number of nitriles is 1. The summed E-state index contributed by atoms with van der Waals surface area (Å²) < 4.78 is 4.54. The van der Waals surface area contributed by atoms with Crippen molar-refractivity contribution in [3.05, 3.63) is 27.9 Å². The number of aromatic nitrogens is 1. The molecule has 0 fully saturated rings. The molecule has 1 aromatic rings. The molecule has 1 heterocycles. The summed E-state index contributed by atoms with van der Waals surface area (Å²) >= 11 is 0. The molecular weight excluding hydrogens is 252 g/mol. The van der Waals surface area contributed by atoms with Crippen LogP contribution in [0.5, 0.6) is 0 Å². The number of anilines is 1. The van der Waals surface area contributed by atoms with Crippen LogP contribution in [-0.4, -0.2) is 36.1 Å². The second kappa shape index (κ2) is 6.30. The Hall–Kier alpha value is -2.69. The van der Waals surface area contributed by atoms with Crippen LogP contribution in [0.4, 0.5) is 11.5 Å². The second-order valence-corrected chi connectivity index (χ2v) is 3.50. The molecule has 0 spiro atoms. The summed E-state index contributed by atoms with van der Waals surface area (Å²) in [4.78, 5) is 26.7. The van der Waals surface area contributed by atoms with Gasteiger partial charge in [-0.25, -0.2) is 4.98 Å². The van der Waals surface area contributed by atoms with Crippen molar-refractivity contribution >= 4 is 17.5 Å². The van der Waals surface area contributed by atoms with Crippen LogP contribution in [0.1, 0.15) is 12.6 Å². The van der Waals surface area contributed by atoms with Gasteiger partial charge >= 0.3 is 11.7 Å². The third-order valence-corrected chi connectivity index (χ3v) is 2.42. The summed E-state index contributed by atoms with van der Waals surface area (Å²) in [5, 5.41) is 19.5. The molecule has 8 nitrogen and oxygen atoms in total. The molecule has 0 aliphatic rings. The van der Waals surface area contributed by atoms with Crippen LogP contribution in [0.3, 0.4) is 0 Å². The Labute approximate surface area is 109 Å². The van der Waals surface area contributed by atoms with Gasteiger partial charge in [0.25, 0.3) is 0 Å². The van der Waals surface area contributed by atoms with Gasteiger partial charge < -0.3 is 9.64 Å². The number of carbonyl (C=O) groups excluding carboxylic acids is 1. The lowest BCUT2D eigenvalue weighted by molar-refractivity contribution is -0.385. The predicted molar refractivity (Wildman–Crippen MR) is 65.5 cm³/mol. The third-order valence-electron chi connectivity index (χ3n) is 2.42. The highest BCUT2D eigenvalue weighted by molar-refractivity contribution is 5.75. The lowest BCUT2D eigenvalue weighted by Gasteiger charge is -2.20. The predicted octanol–water partition coefficient (Wildman–Crippen LogP) is 0.861. The van der Waals surface area contributed by atoms with Crippen molar-refractivity contribution in [2.45, 2.75) is 6.92 Å². The van der Waals surface area contributed by atoms with Gasteiger partial charge in [-0.15, -0.1) is 0 Å². The summed E-state index contributed by atoms with van der Waals surface area (Å²) in [6, 6.07) is 4.26. The number of rotatable bonds is 5. The van der Waals surface area contributed by atoms with Gasteiger partial charge in [0.15, 0.2) is 0 Å². The Balaban J connectivity index is 3.10. The molecule has 0 saturated heterocycles. The molecule has 8 heteroatoms. The largest absolute Gasteiger partial charge is 0.468 e. The van der Waals surface area contributed by atoms with E-state index in [0.29, 0.717) is 12.4 Å². The first kappa shape index (κ1) is 14.4. The zero-order valence-electron chi connectivity index (χ0n) is 10.5. The van der Waals surface area contributed by atoms with Gasteiger partial charge in [0.1, 0.15) is 18.4 Å². The number of hydrogen-bond donors (Lipinski definition) is 0. The molecule has 0 N–H and O–H groups in total. The van der Waals surface area contributed by atoms with Crippen LogP contribution in [-0.2, 0) is 9.53 Å². The molecule has 100 valence electrons. The van der Waals surface area contributed by atoms with E-state index in [4.69, 9.17) is 5.26 Å². The molecule has 0 aromatic carbocycles. The average molecular weight is 264 g/mol. The number of nitrogens with zero attached hydrogens (tertiary/aromatic N) is 4. The van der Waals surface area contributed by atoms with Gasteiger partial charge in [0.05, 0.1) is 12.0 Å². The molecule has 19 heavy (non-hydrogen) atoms. The first-order chi connectivity index (χ1) is 9.03. The zero-order valence-corrected chi connectivity index (χ0v) is 10.5. The zero-order chi connectivity index (χ0) is 14.4. The summed E-state index contributed by atoms with van der Waals surface area (Å²) in [6.45, 7) is 2.20. The molecule has 0 unspecified atom stereocenters. The van der Waals surface area contributed by atoms with Gasteiger partial charge in [0, 0.05) is 12.6 Å². The standard InChI is InChI=1S/C11H12N4O4/c1-3-14(7-11(16)19-2)10-5-4-9(15(17)18)8(6-12)13-10/h4-5H,3,7H2,1-2H3. The maximum atomic E-state index is 11.2. The van der Waals surface area contributed by atoms with E-state index >= 15 is 0 Å². The van der Waals surface area contributed by atoms with E-state index in [1.807, 2.05) is 0 Å². The Morgan fingerprint density at radius 3 is 2.79 bits per heavy atom. The van der Waals surface area contributed by atoms with Crippen molar-refractivity contribution in [1.82, 2.24) is 4.98 Å². The first-order valence-electron chi connectivity index (χ1n) is 5.40. The summed E-state index contributed by atoms with van der Waals surface area (Å²) in [6.07, 6.45) is 0. The van der Waals surface area contributed by atoms with Gasteiger partial charge in [-0.05, 0) is 13.0 Å². The van der Waals surface area contributed by atoms with E-state index in [9.17, 15) is 14.9 Å².